The number of anilines is 1. The fraction of sp³-hybridized carbons (Fsp3) is 0.320. The molecule has 2 aliphatic heterocycles. The third kappa shape index (κ3) is 4.29. The first-order valence-electron chi connectivity index (χ1n) is 10.9. The lowest BCUT2D eigenvalue weighted by Crippen LogP contribution is -2.35. The number of benzene rings is 1. The highest BCUT2D eigenvalue weighted by Gasteiger charge is 2.26. The molecule has 0 bridgehead atoms. The summed E-state index contributed by atoms with van der Waals surface area (Å²) in [6.45, 7) is 8.74. The van der Waals surface area contributed by atoms with Crippen LogP contribution in [0.2, 0.25) is 0 Å². The average Bonchev–Trinajstić information content (AvgIpc) is 3.10. The number of fused-ring (bicyclic) bond motifs is 1. The first-order valence-corrected chi connectivity index (χ1v) is 10.9. The predicted octanol–water partition coefficient (Wildman–Crippen LogP) is 4.19. The second kappa shape index (κ2) is 8.59. The minimum absolute atomic E-state index is 0.236. The molecule has 1 aromatic carbocycles. The Hall–Kier alpha value is -3.45. The lowest BCUT2D eigenvalue weighted by molar-refractivity contribution is 0.113. The Bertz CT molecular complexity index is 1120. The van der Waals surface area contributed by atoms with E-state index in [0.717, 1.165) is 60.1 Å². The van der Waals surface area contributed by atoms with Crippen LogP contribution in [0, 0.1) is 6.92 Å². The van der Waals surface area contributed by atoms with Crippen LogP contribution in [-0.2, 0) is 6.54 Å². The molecule has 32 heavy (non-hydrogen) atoms. The molecular weight excluding hydrogens is 402 g/mol. The van der Waals surface area contributed by atoms with Crippen LogP contribution in [0.15, 0.2) is 61.3 Å². The maximum atomic E-state index is 6.07. The summed E-state index contributed by atoms with van der Waals surface area (Å²) in [6.07, 6.45) is 5.84. The maximum absolute atomic E-state index is 6.07. The van der Waals surface area contributed by atoms with Crippen molar-refractivity contribution >= 4 is 5.82 Å². The van der Waals surface area contributed by atoms with Gasteiger partial charge in [-0.1, -0.05) is 18.2 Å². The Morgan fingerprint density at radius 3 is 2.69 bits per heavy atom. The number of nitrogens with zero attached hydrogens (tertiary/aromatic N) is 5. The Balaban J connectivity index is 1.29. The lowest BCUT2D eigenvalue weighted by atomic mass is 10.1. The minimum Gasteiger partial charge on any atom is -0.487 e. The second-order valence-corrected chi connectivity index (χ2v) is 8.42. The second-order valence-electron chi connectivity index (χ2n) is 8.42. The molecule has 0 atom stereocenters. The average molecular weight is 430 g/mol. The number of likely N-dealkylation sites (tertiary alicyclic amines) is 1. The van der Waals surface area contributed by atoms with Crippen LogP contribution in [0.4, 0.5) is 5.82 Å². The van der Waals surface area contributed by atoms with Crippen LogP contribution in [0.3, 0.4) is 0 Å². The van der Waals surface area contributed by atoms with Crippen molar-refractivity contribution < 1.29 is 9.47 Å². The monoisotopic (exact) mass is 429 g/mol. The zero-order chi connectivity index (χ0) is 22.1. The summed E-state index contributed by atoms with van der Waals surface area (Å²) in [4.78, 5) is 18.0. The van der Waals surface area contributed by atoms with Crippen LogP contribution in [0.5, 0.6) is 11.5 Å². The molecule has 3 aromatic rings. The van der Waals surface area contributed by atoms with Crippen molar-refractivity contribution in [3.05, 3.63) is 72.5 Å². The van der Waals surface area contributed by atoms with E-state index in [1.165, 1.54) is 0 Å². The van der Waals surface area contributed by atoms with Crippen LogP contribution in [0.1, 0.15) is 24.1 Å². The lowest BCUT2D eigenvalue weighted by Gasteiger charge is -2.29. The van der Waals surface area contributed by atoms with Gasteiger partial charge in [-0.2, -0.15) is 0 Å². The van der Waals surface area contributed by atoms with E-state index in [2.05, 4.69) is 45.6 Å². The van der Waals surface area contributed by atoms with E-state index in [-0.39, 0.29) is 6.10 Å². The van der Waals surface area contributed by atoms with E-state index in [1.54, 1.807) is 12.4 Å². The largest absolute Gasteiger partial charge is 0.487 e. The third-order valence-corrected chi connectivity index (χ3v) is 5.89. The van der Waals surface area contributed by atoms with Gasteiger partial charge in [-0.15, -0.1) is 0 Å². The third-order valence-electron chi connectivity index (χ3n) is 5.89. The first kappa shape index (κ1) is 20.5. The number of hydrogen-bond acceptors (Lipinski definition) is 7. The molecule has 7 nitrogen and oxygen atoms in total. The molecule has 0 amide bonds. The fourth-order valence-electron chi connectivity index (χ4n) is 4.08. The van der Waals surface area contributed by atoms with Crippen LogP contribution < -0.4 is 14.4 Å². The van der Waals surface area contributed by atoms with Crippen molar-refractivity contribution in [2.24, 2.45) is 0 Å². The summed E-state index contributed by atoms with van der Waals surface area (Å²) in [6, 6.07) is 12.1. The Morgan fingerprint density at radius 1 is 1.12 bits per heavy atom. The number of aryl methyl sites for hydroxylation is 1. The van der Waals surface area contributed by atoms with Crippen molar-refractivity contribution in [1.82, 2.24) is 19.9 Å². The summed E-state index contributed by atoms with van der Waals surface area (Å²) in [5.41, 5.74) is 2.99. The molecule has 2 aromatic heterocycles. The molecule has 164 valence electrons. The number of piperidine rings is 1. The number of hydrogen-bond donors (Lipinski definition) is 0. The van der Waals surface area contributed by atoms with Gasteiger partial charge in [0.1, 0.15) is 6.10 Å². The molecule has 0 aliphatic carbocycles. The van der Waals surface area contributed by atoms with Crippen LogP contribution in [0.25, 0.3) is 11.4 Å². The van der Waals surface area contributed by atoms with E-state index in [1.807, 2.05) is 36.1 Å². The standard InChI is InChI=1S/C25H27N5O2/c1-17-7-8-23-25(28-17)30(18(2)31-23)16-19-5-4-6-20(13-19)24-26-14-22(15-27-24)32-21-9-11-29(3)12-10-21/h4-8,13-15,21H,2,9-12,16H2,1,3H3. The minimum atomic E-state index is 0.236. The number of ether oxygens (including phenoxy) is 2. The molecule has 0 unspecified atom stereocenters. The van der Waals surface area contributed by atoms with Crippen LogP contribution >= 0.6 is 0 Å². The van der Waals surface area contributed by atoms with Gasteiger partial charge in [0.25, 0.3) is 0 Å². The zero-order valence-electron chi connectivity index (χ0n) is 18.5. The van der Waals surface area contributed by atoms with E-state index in [0.29, 0.717) is 18.3 Å². The maximum Gasteiger partial charge on any atom is 0.194 e. The number of rotatable bonds is 5. The van der Waals surface area contributed by atoms with Gasteiger partial charge in [0, 0.05) is 24.3 Å². The predicted molar refractivity (Wildman–Crippen MR) is 124 cm³/mol. The molecule has 0 spiro atoms. The van der Waals surface area contributed by atoms with Crippen LogP contribution in [-0.4, -0.2) is 46.1 Å². The molecule has 1 saturated heterocycles. The molecule has 0 radical (unpaired) electrons. The summed E-state index contributed by atoms with van der Waals surface area (Å²) in [5, 5.41) is 0. The highest BCUT2D eigenvalue weighted by atomic mass is 16.5. The Kier molecular flexibility index (Phi) is 5.49. The highest BCUT2D eigenvalue weighted by Crippen LogP contribution is 2.37. The molecule has 2 aliphatic rings. The molecule has 1 fully saturated rings. The van der Waals surface area contributed by atoms with Crippen molar-refractivity contribution in [1.29, 1.82) is 0 Å². The van der Waals surface area contributed by atoms with Crippen molar-refractivity contribution in [3.8, 4) is 22.9 Å². The molecule has 7 heteroatoms. The molecule has 5 rings (SSSR count). The summed E-state index contributed by atoms with van der Waals surface area (Å²) >= 11 is 0. The van der Waals surface area contributed by atoms with Gasteiger partial charge in [-0.3, -0.25) is 4.90 Å². The van der Waals surface area contributed by atoms with Gasteiger partial charge in [0.05, 0.1) is 18.9 Å². The molecular formula is C25H27N5O2. The Morgan fingerprint density at radius 2 is 1.91 bits per heavy atom. The van der Waals surface area contributed by atoms with E-state index in [4.69, 9.17) is 9.47 Å². The highest BCUT2D eigenvalue weighted by molar-refractivity contribution is 5.62. The summed E-state index contributed by atoms with van der Waals surface area (Å²) in [7, 11) is 2.14. The van der Waals surface area contributed by atoms with Crippen molar-refractivity contribution in [3.63, 3.8) is 0 Å². The van der Waals surface area contributed by atoms with Crippen molar-refractivity contribution in [2.45, 2.75) is 32.4 Å². The SMILES string of the molecule is C=C1Oc2ccc(C)nc2N1Cc1cccc(-c2ncc(OC3CCN(C)CC3)cn2)c1. The van der Waals surface area contributed by atoms with Gasteiger partial charge in [-0.25, -0.2) is 15.0 Å². The van der Waals surface area contributed by atoms with Gasteiger partial charge in [0.15, 0.2) is 29.0 Å². The quantitative estimate of drug-likeness (QED) is 0.603. The Labute approximate surface area is 188 Å². The van der Waals surface area contributed by atoms with Gasteiger partial charge >= 0.3 is 0 Å². The topological polar surface area (TPSA) is 63.6 Å². The van der Waals surface area contributed by atoms with Gasteiger partial charge < -0.3 is 14.4 Å². The zero-order valence-corrected chi connectivity index (χ0v) is 18.5. The van der Waals surface area contributed by atoms with E-state index >= 15 is 0 Å². The number of aromatic nitrogens is 3. The molecule has 4 heterocycles. The summed E-state index contributed by atoms with van der Waals surface area (Å²) in [5.74, 6) is 3.51. The molecule has 0 N–H and O–H groups in total. The van der Waals surface area contributed by atoms with Gasteiger partial charge in [0.2, 0.25) is 0 Å². The molecule has 0 saturated carbocycles. The van der Waals surface area contributed by atoms with Gasteiger partial charge in [-0.05, 0) is 57.2 Å². The first-order chi connectivity index (χ1) is 15.5. The van der Waals surface area contributed by atoms with E-state index < -0.39 is 0 Å². The summed E-state index contributed by atoms with van der Waals surface area (Å²) < 4.78 is 11.8. The van der Waals surface area contributed by atoms with E-state index in [9.17, 15) is 0 Å². The normalized spacial score (nSPS) is 16.7. The number of pyridine rings is 1. The van der Waals surface area contributed by atoms with Crippen molar-refractivity contribution in [2.75, 3.05) is 25.0 Å². The smallest absolute Gasteiger partial charge is 0.194 e. The fourth-order valence-corrected chi connectivity index (χ4v) is 4.08.